The number of nitrogens with zero attached hydrogens (tertiary/aromatic N) is 3. The summed E-state index contributed by atoms with van der Waals surface area (Å²) in [7, 11) is 0. The molecule has 1 saturated heterocycles. The Labute approximate surface area is 271 Å². The Morgan fingerprint density at radius 1 is 1.11 bits per heavy atom. The highest BCUT2D eigenvalue weighted by Crippen LogP contribution is 2.36. The van der Waals surface area contributed by atoms with Gasteiger partial charge in [-0.05, 0) is 73.6 Å². The predicted octanol–water partition coefficient (Wildman–Crippen LogP) is 9.86. The second-order valence-electron chi connectivity index (χ2n) is 10.9. The standard InChI is InChI=1S/C18H20F3N3O.C13H17NOS.2C2H6/c1-3-17(2)10-4-5-13(11-17)16-22-12-24(23-16)14-6-8-15(9-7-14)25-18(19,20)21;1-9(2)11-6-4-5-7-12(11)14-10(3)16-8-13(14)15;2*1-2/h3,6-9,11H,1,4-5,10,12H2,2H3,(H,22,23);4-7,9-10H,8H2,1-3H3;2*1-2H3/t;10-;;/m.1../s1. The van der Waals surface area contributed by atoms with Gasteiger partial charge in [0.25, 0.3) is 0 Å². The molecule has 1 unspecified atom stereocenters. The smallest absolute Gasteiger partial charge is 0.406 e. The van der Waals surface area contributed by atoms with E-state index >= 15 is 0 Å². The molecule has 5 rings (SSSR count). The van der Waals surface area contributed by atoms with E-state index in [2.05, 4.69) is 67.6 Å². The molecule has 1 fully saturated rings. The number of alkyl halides is 3. The van der Waals surface area contributed by atoms with Gasteiger partial charge in [-0.15, -0.1) is 31.5 Å². The van der Waals surface area contributed by atoms with E-state index in [-0.39, 0.29) is 22.4 Å². The minimum Gasteiger partial charge on any atom is -0.406 e. The van der Waals surface area contributed by atoms with E-state index in [1.807, 2.05) is 50.8 Å². The van der Waals surface area contributed by atoms with Crippen LogP contribution in [0.1, 0.15) is 86.1 Å². The van der Waals surface area contributed by atoms with E-state index in [0.29, 0.717) is 18.3 Å². The van der Waals surface area contributed by atoms with Crippen LogP contribution in [0.3, 0.4) is 0 Å². The topological polar surface area (TPSA) is 57.2 Å². The lowest BCUT2D eigenvalue weighted by atomic mass is 9.78. The summed E-state index contributed by atoms with van der Waals surface area (Å²) >= 11 is 1.71. The zero-order valence-electron chi connectivity index (χ0n) is 27.9. The van der Waals surface area contributed by atoms with Crippen LogP contribution < -0.4 is 20.1 Å². The molecule has 0 aromatic heterocycles. The summed E-state index contributed by atoms with van der Waals surface area (Å²) in [6, 6.07) is 13.9. The molecule has 2 aromatic rings. The summed E-state index contributed by atoms with van der Waals surface area (Å²) in [6.45, 7) is 20.9. The molecule has 2 aromatic carbocycles. The van der Waals surface area contributed by atoms with Crippen LogP contribution in [0.25, 0.3) is 0 Å². The van der Waals surface area contributed by atoms with Gasteiger partial charge in [0.1, 0.15) is 18.3 Å². The van der Waals surface area contributed by atoms with Crippen molar-refractivity contribution in [2.75, 3.05) is 22.3 Å². The Balaban J connectivity index is 0.000000304. The fourth-order valence-electron chi connectivity index (χ4n) is 5.10. The number of rotatable bonds is 6. The molecule has 10 heteroatoms. The number of thioether (sulfide) groups is 1. The number of amidine groups is 1. The number of aliphatic imine (C=N–C) groups is 1. The summed E-state index contributed by atoms with van der Waals surface area (Å²) in [5.41, 5.74) is 7.40. The number of anilines is 2. The largest absolute Gasteiger partial charge is 0.573 e. The minimum atomic E-state index is -4.69. The van der Waals surface area contributed by atoms with Crippen molar-refractivity contribution in [1.82, 2.24) is 5.43 Å². The monoisotopic (exact) mass is 646 g/mol. The van der Waals surface area contributed by atoms with Crippen LogP contribution in [0, 0.1) is 5.41 Å². The molecule has 0 saturated carbocycles. The van der Waals surface area contributed by atoms with Gasteiger partial charge in [-0.3, -0.25) is 20.1 Å². The van der Waals surface area contributed by atoms with Crippen LogP contribution in [-0.2, 0) is 4.79 Å². The molecule has 2 atom stereocenters. The molecule has 2 heterocycles. The highest BCUT2D eigenvalue weighted by Gasteiger charge is 2.32. The lowest BCUT2D eigenvalue weighted by Crippen LogP contribution is -2.37. The van der Waals surface area contributed by atoms with Crippen LogP contribution in [0.4, 0.5) is 24.5 Å². The van der Waals surface area contributed by atoms with Gasteiger partial charge in [0.15, 0.2) is 0 Å². The molecule has 45 heavy (non-hydrogen) atoms. The van der Waals surface area contributed by atoms with Crippen molar-refractivity contribution < 1.29 is 22.7 Å². The van der Waals surface area contributed by atoms with Gasteiger partial charge >= 0.3 is 6.36 Å². The summed E-state index contributed by atoms with van der Waals surface area (Å²) in [5, 5.41) is 2.04. The predicted molar refractivity (Wildman–Crippen MR) is 184 cm³/mol. The number of hydrogen-bond acceptors (Lipinski definition) is 6. The zero-order valence-corrected chi connectivity index (χ0v) is 28.7. The number of halogens is 3. The molecular formula is C35H49F3N4O2S. The Hall–Kier alpha value is -3.40. The number of nitrogens with one attached hydrogen (secondary N) is 1. The van der Waals surface area contributed by atoms with Crippen molar-refractivity contribution in [3.8, 4) is 5.75 Å². The Kier molecular flexibility index (Phi) is 14.6. The summed E-state index contributed by atoms with van der Waals surface area (Å²) < 4.78 is 40.5. The highest BCUT2D eigenvalue weighted by atomic mass is 32.2. The van der Waals surface area contributed by atoms with E-state index in [1.165, 1.54) is 17.7 Å². The molecule has 1 aliphatic carbocycles. The first kappa shape index (κ1) is 37.8. The van der Waals surface area contributed by atoms with Crippen LogP contribution in [0.2, 0.25) is 0 Å². The first-order chi connectivity index (χ1) is 21.4. The number of hydrogen-bond donors (Lipinski definition) is 1. The zero-order chi connectivity index (χ0) is 33.8. The lowest BCUT2D eigenvalue weighted by Gasteiger charge is -2.29. The molecule has 0 radical (unpaired) electrons. The van der Waals surface area contributed by atoms with Crippen molar-refractivity contribution >= 4 is 34.9 Å². The highest BCUT2D eigenvalue weighted by molar-refractivity contribution is 8.01. The normalized spacial score (nSPS) is 20.8. The van der Waals surface area contributed by atoms with Crippen molar-refractivity contribution in [3.05, 3.63) is 78.4 Å². The average Bonchev–Trinajstić information content (AvgIpc) is 3.66. The van der Waals surface area contributed by atoms with Crippen LogP contribution in [0.15, 0.2) is 77.8 Å². The van der Waals surface area contributed by atoms with Crippen LogP contribution >= 0.6 is 11.8 Å². The fourth-order valence-corrected chi connectivity index (χ4v) is 6.00. The number of amides is 1. The van der Waals surface area contributed by atoms with Gasteiger partial charge in [-0.25, -0.2) is 4.99 Å². The first-order valence-corrected chi connectivity index (χ1v) is 16.8. The summed E-state index contributed by atoms with van der Waals surface area (Å²) in [6.07, 6.45) is 2.55. The summed E-state index contributed by atoms with van der Waals surface area (Å²) in [4.78, 5) is 18.3. The number of carbonyl (C=O) groups is 1. The van der Waals surface area contributed by atoms with Crippen molar-refractivity contribution in [2.24, 2.45) is 10.4 Å². The van der Waals surface area contributed by atoms with E-state index in [1.54, 1.807) is 28.9 Å². The van der Waals surface area contributed by atoms with Gasteiger partial charge in [0.2, 0.25) is 5.91 Å². The van der Waals surface area contributed by atoms with Crippen LogP contribution in [0.5, 0.6) is 5.75 Å². The fraction of sp³-hybridized carbons (Fsp3) is 0.486. The maximum atomic E-state index is 12.2. The third kappa shape index (κ3) is 10.6. The van der Waals surface area contributed by atoms with Gasteiger partial charge in [-0.2, -0.15) is 0 Å². The molecule has 1 N–H and O–H groups in total. The number of para-hydroxylation sites is 1. The van der Waals surface area contributed by atoms with Crippen molar-refractivity contribution in [1.29, 1.82) is 0 Å². The van der Waals surface area contributed by atoms with Crippen molar-refractivity contribution in [2.45, 2.75) is 92.3 Å². The van der Waals surface area contributed by atoms with Crippen LogP contribution in [-0.4, -0.2) is 35.9 Å². The summed E-state index contributed by atoms with van der Waals surface area (Å²) in [5.74, 6) is 1.84. The van der Waals surface area contributed by atoms with Gasteiger partial charge in [0, 0.05) is 11.1 Å². The van der Waals surface area contributed by atoms with E-state index in [4.69, 9.17) is 0 Å². The van der Waals surface area contributed by atoms with E-state index < -0.39 is 6.36 Å². The third-order valence-corrected chi connectivity index (χ3v) is 8.43. The Morgan fingerprint density at radius 3 is 2.31 bits per heavy atom. The minimum absolute atomic E-state index is 0.0260. The molecule has 0 bridgehead atoms. The molecule has 6 nitrogen and oxygen atoms in total. The Morgan fingerprint density at radius 2 is 1.76 bits per heavy atom. The molecule has 248 valence electrons. The van der Waals surface area contributed by atoms with Gasteiger partial charge in [-0.1, -0.05) is 78.8 Å². The quantitative estimate of drug-likeness (QED) is 0.317. The van der Waals surface area contributed by atoms with E-state index in [0.717, 1.165) is 42.0 Å². The molecule has 0 spiro atoms. The second kappa shape index (κ2) is 17.3. The SMILES string of the molecule is C=CC1(C)C=C(C2=NCN(c3ccc(OC(F)(F)F)cc3)N2)CCC1.CC.CC.CC(C)c1ccccc1N1C(=O)CS[C@@H]1C. The molecule has 1 amide bonds. The Bertz CT molecular complexity index is 1310. The maximum absolute atomic E-state index is 12.2. The number of carbonyl (C=O) groups excluding carboxylic acids is 1. The third-order valence-electron chi connectivity index (χ3n) is 7.33. The average molecular weight is 647 g/mol. The number of ether oxygens (including phenoxy) is 1. The molecule has 2 aliphatic heterocycles. The first-order valence-electron chi connectivity index (χ1n) is 15.7. The second-order valence-corrected chi connectivity index (χ2v) is 12.2. The maximum Gasteiger partial charge on any atom is 0.573 e. The van der Waals surface area contributed by atoms with Gasteiger partial charge in [0.05, 0.1) is 16.8 Å². The molecular weight excluding hydrogens is 597 g/mol. The van der Waals surface area contributed by atoms with Crippen molar-refractivity contribution in [3.63, 3.8) is 0 Å². The lowest BCUT2D eigenvalue weighted by molar-refractivity contribution is -0.274. The molecule has 3 aliphatic rings. The number of allylic oxidation sites excluding steroid dienone is 2. The number of hydrazine groups is 1. The van der Waals surface area contributed by atoms with Gasteiger partial charge < -0.3 is 4.74 Å². The van der Waals surface area contributed by atoms with E-state index in [9.17, 15) is 18.0 Å². The number of benzene rings is 2.